The van der Waals surface area contributed by atoms with Crippen LogP contribution in [0.4, 0.5) is 28.7 Å². The zero-order chi connectivity index (χ0) is 21.7. The molecule has 0 unspecified atom stereocenters. The Bertz CT molecular complexity index is 1090. The van der Waals surface area contributed by atoms with E-state index in [0.717, 1.165) is 0 Å². The molecular weight excluding hydrogens is 433 g/mol. The summed E-state index contributed by atoms with van der Waals surface area (Å²) >= 11 is 11.9. The highest BCUT2D eigenvalue weighted by Gasteiger charge is 2.23. The van der Waals surface area contributed by atoms with Gasteiger partial charge in [0.2, 0.25) is 11.6 Å². The molecule has 154 valence electrons. The monoisotopic (exact) mass is 447 g/mol. The van der Waals surface area contributed by atoms with E-state index in [-0.39, 0.29) is 23.9 Å². The number of halogens is 2. The van der Waals surface area contributed by atoms with E-state index in [4.69, 9.17) is 27.9 Å². The summed E-state index contributed by atoms with van der Waals surface area (Å²) in [4.78, 5) is 30.8. The van der Waals surface area contributed by atoms with Crippen molar-refractivity contribution in [3.63, 3.8) is 0 Å². The summed E-state index contributed by atoms with van der Waals surface area (Å²) in [5.41, 5.74) is 0.959. The van der Waals surface area contributed by atoms with Crippen molar-refractivity contribution in [1.82, 2.24) is 9.97 Å². The van der Waals surface area contributed by atoms with Gasteiger partial charge in [0.15, 0.2) is 0 Å². The third-order valence-electron chi connectivity index (χ3n) is 3.85. The summed E-state index contributed by atoms with van der Waals surface area (Å²) in [6, 6.07) is 11.0. The Morgan fingerprint density at radius 1 is 1.03 bits per heavy atom. The molecule has 1 aromatic heterocycles. The fourth-order valence-corrected chi connectivity index (χ4v) is 2.78. The van der Waals surface area contributed by atoms with Gasteiger partial charge >= 0.3 is 11.7 Å². The van der Waals surface area contributed by atoms with Gasteiger partial charge in [-0.15, -0.1) is 0 Å². The van der Waals surface area contributed by atoms with E-state index in [0.29, 0.717) is 27.0 Å². The lowest BCUT2D eigenvalue weighted by Gasteiger charge is -2.11. The van der Waals surface area contributed by atoms with Crippen molar-refractivity contribution in [2.75, 3.05) is 17.2 Å². The molecule has 0 atom stereocenters. The molecule has 0 aliphatic carbocycles. The van der Waals surface area contributed by atoms with Gasteiger partial charge in [-0.1, -0.05) is 23.2 Å². The smallest absolute Gasteiger partial charge is 0.353 e. The molecular formula is C19H15Cl2N5O4. The second-order valence-corrected chi connectivity index (χ2v) is 6.67. The van der Waals surface area contributed by atoms with Gasteiger partial charge in [-0.25, -0.2) is 14.8 Å². The van der Waals surface area contributed by atoms with E-state index < -0.39 is 10.9 Å². The average molecular weight is 448 g/mol. The zero-order valence-corrected chi connectivity index (χ0v) is 17.1. The minimum atomic E-state index is -0.602. The SMILES string of the molecule is CCOC(=O)c1ccc(Nc2ncnc(Nc3ccc(Cl)c(Cl)c3)c2[N+](=O)[O-])cc1. The number of aromatic nitrogens is 2. The summed E-state index contributed by atoms with van der Waals surface area (Å²) < 4.78 is 4.93. The number of carbonyl (C=O) groups excluding carboxylic acids is 1. The van der Waals surface area contributed by atoms with Gasteiger partial charge in [0.25, 0.3) is 0 Å². The zero-order valence-electron chi connectivity index (χ0n) is 15.6. The minimum Gasteiger partial charge on any atom is -0.462 e. The largest absolute Gasteiger partial charge is 0.462 e. The Morgan fingerprint density at radius 2 is 1.63 bits per heavy atom. The highest BCUT2D eigenvalue weighted by molar-refractivity contribution is 6.42. The lowest BCUT2D eigenvalue weighted by Crippen LogP contribution is -2.06. The van der Waals surface area contributed by atoms with Crippen molar-refractivity contribution >= 4 is 57.9 Å². The first-order valence-electron chi connectivity index (χ1n) is 8.64. The van der Waals surface area contributed by atoms with Crippen molar-refractivity contribution in [2.45, 2.75) is 6.92 Å². The van der Waals surface area contributed by atoms with E-state index in [9.17, 15) is 14.9 Å². The Balaban J connectivity index is 1.88. The van der Waals surface area contributed by atoms with Crippen LogP contribution in [0.5, 0.6) is 0 Å². The second kappa shape index (κ2) is 9.38. The van der Waals surface area contributed by atoms with Crippen molar-refractivity contribution in [3.8, 4) is 0 Å². The number of nitro groups is 1. The van der Waals surface area contributed by atoms with Crippen molar-refractivity contribution in [1.29, 1.82) is 0 Å². The maximum absolute atomic E-state index is 11.7. The van der Waals surface area contributed by atoms with Gasteiger partial charge in [-0.05, 0) is 49.4 Å². The van der Waals surface area contributed by atoms with Crippen LogP contribution >= 0.6 is 23.2 Å². The summed E-state index contributed by atoms with van der Waals surface area (Å²) in [6.45, 7) is 1.98. The normalized spacial score (nSPS) is 10.4. The Hall–Kier alpha value is -3.43. The Labute approximate surface area is 181 Å². The number of ether oxygens (including phenoxy) is 1. The molecule has 0 saturated carbocycles. The van der Waals surface area contributed by atoms with Crippen LogP contribution in [0, 0.1) is 10.1 Å². The first kappa shape index (κ1) is 21.3. The van der Waals surface area contributed by atoms with E-state index in [1.54, 1.807) is 43.3 Å². The number of anilines is 4. The third kappa shape index (κ3) is 4.94. The van der Waals surface area contributed by atoms with Crippen LogP contribution in [0.2, 0.25) is 10.0 Å². The molecule has 0 radical (unpaired) electrons. The van der Waals surface area contributed by atoms with Crippen LogP contribution in [-0.4, -0.2) is 27.5 Å². The molecule has 0 spiro atoms. The van der Waals surface area contributed by atoms with Crippen molar-refractivity contribution in [2.24, 2.45) is 0 Å². The first-order chi connectivity index (χ1) is 14.4. The van der Waals surface area contributed by atoms with E-state index in [1.165, 1.54) is 12.4 Å². The fourth-order valence-electron chi connectivity index (χ4n) is 2.49. The van der Waals surface area contributed by atoms with E-state index >= 15 is 0 Å². The molecule has 3 aromatic rings. The van der Waals surface area contributed by atoms with Gasteiger partial charge in [0.1, 0.15) is 6.33 Å². The lowest BCUT2D eigenvalue weighted by atomic mass is 10.2. The predicted molar refractivity (Wildman–Crippen MR) is 114 cm³/mol. The van der Waals surface area contributed by atoms with Gasteiger partial charge in [0, 0.05) is 11.4 Å². The predicted octanol–water partition coefficient (Wildman–Crippen LogP) is 5.36. The molecule has 3 rings (SSSR count). The standard InChI is InChI=1S/C19H15Cl2N5O4/c1-2-30-19(27)11-3-5-12(6-4-11)24-17-16(26(28)29)18(23-10-22-17)25-13-7-8-14(20)15(21)9-13/h3-10H,2H2,1H3,(H2,22,23,24,25). The molecule has 0 fully saturated rings. The fraction of sp³-hybridized carbons (Fsp3) is 0.105. The molecule has 0 amide bonds. The van der Waals surface area contributed by atoms with Crippen LogP contribution in [0.15, 0.2) is 48.8 Å². The van der Waals surface area contributed by atoms with Gasteiger partial charge in [-0.2, -0.15) is 0 Å². The van der Waals surface area contributed by atoms with Crippen LogP contribution < -0.4 is 10.6 Å². The van der Waals surface area contributed by atoms with Gasteiger partial charge < -0.3 is 15.4 Å². The Morgan fingerprint density at radius 3 is 2.20 bits per heavy atom. The molecule has 0 aliphatic rings. The molecule has 0 saturated heterocycles. The summed E-state index contributed by atoms with van der Waals surface area (Å²) in [6.07, 6.45) is 1.18. The van der Waals surface area contributed by atoms with Gasteiger partial charge in [-0.3, -0.25) is 10.1 Å². The molecule has 2 N–H and O–H groups in total. The van der Waals surface area contributed by atoms with Crippen molar-refractivity contribution in [3.05, 3.63) is 74.5 Å². The molecule has 11 heteroatoms. The molecule has 30 heavy (non-hydrogen) atoms. The Kier molecular flexibility index (Phi) is 6.65. The maximum atomic E-state index is 11.7. The third-order valence-corrected chi connectivity index (χ3v) is 4.58. The van der Waals surface area contributed by atoms with Crippen LogP contribution in [0.25, 0.3) is 0 Å². The quantitative estimate of drug-likeness (QED) is 0.282. The first-order valence-corrected chi connectivity index (χ1v) is 9.40. The second-order valence-electron chi connectivity index (χ2n) is 5.85. The molecule has 0 bridgehead atoms. The van der Waals surface area contributed by atoms with Gasteiger partial charge in [0.05, 0.1) is 27.1 Å². The molecule has 1 heterocycles. The molecule has 9 nitrogen and oxygen atoms in total. The maximum Gasteiger partial charge on any atom is 0.353 e. The molecule has 0 aliphatic heterocycles. The number of hydrogen-bond acceptors (Lipinski definition) is 8. The van der Waals surface area contributed by atoms with Crippen LogP contribution in [0.1, 0.15) is 17.3 Å². The average Bonchev–Trinajstić information content (AvgIpc) is 2.71. The van der Waals surface area contributed by atoms with E-state index in [1.807, 2.05) is 0 Å². The number of esters is 1. The van der Waals surface area contributed by atoms with Crippen LogP contribution in [0.3, 0.4) is 0 Å². The highest BCUT2D eigenvalue weighted by Crippen LogP contribution is 2.34. The lowest BCUT2D eigenvalue weighted by molar-refractivity contribution is -0.383. The summed E-state index contributed by atoms with van der Waals surface area (Å²) in [7, 11) is 0. The number of carbonyl (C=O) groups is 1. The number of nitrogens with zero attached hydrogens (tertiary/aromatic N) is 3. The number of benzene rings is 2. The number of hydrogen-bond donors (Lipinski definition) is 2. The number of rotatable bonds is 7. The highest BCUT2D eigenvalue weighted by atomic mass is 35.5. The van der Waals surface area contributed by atoms with E-state index in [2.05, 4.69) is 20.6 Å². The van der Waals surface area contributed by atoms with Crippen molar-refractivity contribution < 1.29 is 14.5 Å². The topological polar surface area (TPSA) is 119 Å². The summed E-state index contributed by atoms with van der Waals surface area (Å²) in [5, 5.41) is 18.1. The summed E-state index contributed by atoms with van der Waals surface area (Å²) in [5.74, 6) is -0.509. The minimum absolute atomic E-state index is 0.0264. The van der Waals surface area contributed by atoms with Crippen LogP contribution in [-0.2, 0) is 4.74 Å². The molecule has 2 aromatic carbocycles. The number of nitrogens with one attached hydrogen (secondary N) is 2.